The van der Waals surface area contributed by atoms with Gasteiger partial charge >= 0.3 is 0 Å². The van der Waals surface area contributed by atoms with E-state index in [9.17, 15) is 8.42 Å². The van der Waals surface area contributed by atoms with Gasteiger partial charge in [0.1, 0.15) is 12.4 Å². The van der Waals surface area contributed by atoms with Gasteiger partial charge in [0.25, 0.3) is 0 Å². The van der Waals surface area contributed by atoms with Crippen LogP contribution in [0.25, 0.3) is 11.4 Å². The number of likely N-dealkylation sites (N-methyl/N-ethyl adjacent to an activating group) is 1. The second kappa shape index (κ2) is 8.94. The zero-order chi connectivity index (χ0) is 20.0. The van der Waals surface area contributed by atoms with E-state index in [4.69, 9.17) is 4.74 Å². The summed E-state index contributed by atoms with van der Waals surface area (Å²) in [6.45, 7) is 2.62. The van der Waals surface area contributed by atoms with Crippen molar-refractivity contribution in [1.82, 2.24) is 24.5 Å². The maximum Gasteiger partial charge on any atom is 0.215 e. The molecule has 0 aliphatic carbocycles. The second-order valence-corrected chi connectivity index (χ2v) is 8.52. The predicted molar refractivity (Wildman–Crippen MR) is 106 cm³/mol. The van der Waals surface area contributed by atoms with Crippen LogP contribution in [-0.2, 0) is 16.6 Å². The zero-order valence-corrected chi connectivity index (χ0v) is 16.7. The van der Waals surface area contributed by atoms with Gasteiger partial charge in [-0.1, -0.05) is 48.5 Å². The monoisotopic (exact) mass is 401 g/mol. The van der Waals surface area contributed by atoms with Gasteiger partial charge in [-0.2, -0.15) is 4.80 Å². The zero-order valence-electron chi connectivity index (χ0n) is 15.9. The van der Waals surface area contributed by atoms with E-state index in [1.807, 2.05) is 61.5 Å². The summed E-state index contributed by atoms with van der Waals surface area (Å²) < 4.78 is 31.9. The molecule has 0 fully saturated rings. The van der Waals surface area contributed by atoms with E-state index in [2.05, 4.69) is 15.4 Å². The number of nitrogens with zero attached hydrogens (tertiary/aromatic N) is 5. The summed E-state index contributed by atoms with van der Waals surface area (Å²) in [5.74, 6) is 1.12. The number of hydrogen-bond acceptors (Lipinski definition) is 6. The number of hydrogen-bond donors (Lipinski definition) is 0. The molecule has 0 atom stereocenters. The van der Waals surface area contributed by atoms with Crippen LogP contribution in [0.3, 0.4) is 0 Å². The van der Waals surface area contributed by atoms with E-state index < -0.39 is 10.0 Å². The molecule has 0 unspecified atom stereocenters. The molecule has 3 rings (SSSR count). The quantitative estimate of drug-likeness (QED) is 0.545. The third kappa shape index (κ3) is 5.14. The number of benzene rings is 2. The molecule has 0 bridgehead atoms. The Morgan fingerprint density at radius 3 is 2.54 bits per heavy atom. The largest absolute Gasteiger partial charge is 0.492 e. The van der Waals surface area contributed by atoms with Crippen molar-refractivity contribution in [2.45, 2.75) is 13.5 Å². The molecule has 0 radical (unpaired) electrons. The number of aromatic nitrogens is 4. The molecular weight excluding hydrogens is 378 g/mol. The summed E-state index contributed by atoms with van der Waals surface area (Å²) in [5.41, 5.74) is 1.85. The van der Waals surface area contributed by atoms with Crippen LogP contribution in [-0.4, -0.2) is 58.9 Å². The number of para-hydroxylation sites is 1. The van der Waals surface area contributed by atoms with Gasteiger partial charge in [0.2, 0.25) is 15.8 Å². The molecule has 3 aromatic rings. The van der Waals surface area contributed by atoms with Gasteiger partial charge in [-0.25, -0.2) is 12.7 Å². The third-order valence-corrected chi connectivity index (χ3v) is 6.10. The summed E-state index contributed by atoms with van der Waals surface area (Å²) in [6.07, 6.45) is 0. The van der Waals surface area contributed by atoms with Crippen LogP contribution in [0, 0.1) is 6.92 Å². The molecule has 0 spiro atoms. The SMILES string of the molecule is Cc1ccccc1OCCN(C)S(=O)(=O)CCn1nnc(-c2ccccc2)n1. The average molecular weight is 401 g/mol. The minimum atomic E-state index is -3.45. The van der Waals surface area contributed by atoms with Crippen molar-refractivity contribution < 1.29 is 13.2 Å². The van der Waals surface area contributed by atoms with Gasteiger partial charge in [0, 0.05) is 19.2 Å². The Morgan fingerprint density at radius 1 is 1.07 bits per heavy atom. The number of ether oxygens (including phenoxy) is 1. The average Bonchev–Trinajstić information content (AvgIpc) is 3.18. The molecule has 0 N–H and O–H groups in total. The molecule has 1 aromatic heterocycles. The molecule has 8 nitrogen and oxygen atoms in total. The molecule has 0 saturated heterocycles. The Balaban J connectivity index is 1.50. The fraction of sp³-hybridized carbons (Fsp3) is 0.316. The molecule has 0 aliphatic rings. The van der Waals surface area contributed by atoms with Crippen molar-refractivity contribution in [1.29, 1.82) is 0 Å². The second-order valence-electron chi connectivity index (χ2n) is 6.33. The van der Waals surface area contributed by atoms with Crippen molar-refractivity contribution in [2.75, 3.05) is 26.0 Å². The number of sulfonamides is 1. The molecule has 28 heavy (non-hydrogen) atoms. The molecular formula is C19H23N5O3S. The molecule has 0 saturated carbocycles. The van der Waals surface area contributed by atoms with E-state index >= 15 is 0 Å². The minimum absolute atomic E-state index is 0.113. The highest BCUT2D eigenvalue weighted by Crippen LogP contribution is 2.16. The summed E-state index contributed by atoms with van der Waals surface area (Å²) in [6, 6.07) is 17.1. The van der Waals surface area contributed by atoms with Gasteiger partial charge in [-0.3, -0.25) is 0 Å². The lowest BCUT2D eigenvalue weighted by Gasteiger charge is -2.17. The smallest absolute Gasteiger partial charge is 0.215 e. The lowest BCUT2D eigenvalue weighted by molar-refractivity contribution is 0.285. The van der Waals surface area contributed by atoms with Crippen molar-refractivity contribution in [2.24, 2.45) is 0 Å². The van der Waals surface area contributed by atoms with Crippen molar-refractivity contribution in [3.63, 3.8) is 0 Å². The molecule has 2 aromatic carbocycles. The molecule has 148 valence electrons. The van der Waals surface area contributed by atoms with Gasteiger partial charge in [0.15, 0.2) is 0 Å². The first-order valence-electron chi connectivity index (χ1n) is 8.91. The van der Waals surface area contributed by atoms with Crippen LogP contribution in [0.5, 0.6) is 5.75 Å². The fourth-order valence-electron chi connectivity index (χ4n) is 2.54. The third-order valence-electron chi connectivity index (χ3n) is 4.27. The van der Waals surface area contributed by atoms with Crippen LogP contribution in [0.4, 0.5) is 0 Å². The topological polar surface area (TPSA) is 90.2 Å². The van der Waals surface area contributed by atoms with Crippen LogP contribution in [0.1, 0.15) is 5.56 Å². The van der Waals surface area contributed by atoms with Crippen molar-refractivity contribution in [3.05, 3.63) is 60.2 Å². The first-order valence-corrected chi connectivity index (χ1v) is 10.5. The normalized spacial score (nSPS) is 11.7. The molecule has 0 aliphatic heterocycles. The van der Waals surface area contributed by atoms with Crippen LogP contribution in [0.2, 0.25) is 0 Å². The Hall–Kier alpha value is -2.78. The minimum Gasteiger partial charge on any atom is -0.492 e. The van der Waals surface area contributed by atoms with Crippen LogP contribution in [0.15, 0.2) is 54.6 Å². The van der Waals surface area contributed by atoms with Crippen molar-refractivity contribution >= 4 is 10.0 Å². The number of tetrazole rings is 1. The Labute approximate surface area is 164 Å². The molecule has 0 amide bonds. The van der Waals surface area contributed by atoms with Crippen molar-refractivity contribution in [3.8, 4) is 17.1 Å². The van der Waals surface area contributed by atoms with E-state index in [1.165, 1.54) is 9.10 Å². The predicted octanol–water partition coefficient (Wildman–Crippen LogP) is 1.99. The maximum atomic E-state index is 12.5. The number of aryl methyl sites for hydroxylation is 2. The highest BCUT2D eigenvalue weighted by Gasteiger charge is 2.19. The summed E-state index contributed by atoms with van der Waals surface area (Å²) in [5, 5.41) is 12.2. The number of rotatable bonds is 9. The van der Waals surface area contributed by atoms with E-state index in [0.29, 0.717) is 5.82 Å². The summed E-state index contributed by atoms with van der Waals surface area (Å²) in [4.78, 5) is 1.30. The molecule has 1 heterocycles. The lowest BCUT2D eigenvalue weighted by Crippen LogP contribution is -2.34. The van der Waals surface area contributed by atoms with E-state index in [-0.39, 0.29) is 25.4 Å². The Kier molecular flexibility index (Phi) is 6.37. The lowest BCUT2D eigenvalue weighted by atomic mass is 10.2. The highest BCUT2D eigenvalue weighted by atomic mass is 32.2. The van der Waals surface area contributed by atoms with Gasteiger partial charge < -0.3 is 4.74 Å². The van der Waals surface area contributed by atoms with Crippen LogP contribution < -0.4 is 4.74 Å². The van der Waals surface area contributed by atoms with Gasteiger partial charge in [-0.15, -0.1) is 10.2 Å². The van der Waals surface area contributed by atoms with Gasteiger partial charge in [0.05, 0.1) is 12.3 Å². The van der Waals surface area contributed by atoms with E-state index in [1.54, 1.807) is 7.05 Å². The first-order chi connectivity index (χ1) is 13.5. The summed E-state index contributed by atoms with van der Waals surface area (Å²) >= 11 is 0. The van der Waals surface area contributed by atoms with E-state index in [0.717, 1.165) is 16.9 Å². The highest BCUT2D eigenvalue weighted by molar-refractivity contribution is 7.89. The molecule has 9 heteroatoms. The Bertz CT molecular complexity index is 1010. The summed E-state index contributed by atoms with van der Waals surface area (Å²) in [7, 11) is -1.91. The fourth-order valence-corrected chi connectivity index (χ4v) is 3.59. The van der Waals surface area contributed by atoms with Gasteiger partial charge in [-0.05, 0) is 23.8 Å². The standard InChI is InChI=1S/C19H23N5O3S/c1-16-8-6-7-11-18(16)27-14-12-23(2)28(25,26)15-13-24-21-19(20-22-24)17-9-4-3-5-10-17/h3-11H,12-15H2,1-2H3. The van der Waals surface area contributed by atoms with Crippen LogP contribution >= 0.6 is 0 Å². The first kappa shape index (κ1) is 20.0. The Morgan fingerprint density at radius 2 is 1.79 bits per heavy atom. The maximum absolute atomic E-state index is 12.5.